The highest BCUT2D eigenvalue weighted by atomic mass is 16.5. The van der Waals surface area contributed by atoms with Gasteiger partial charge in [-0.15, -0.1) is 0 Å². The minimum atomic E-state index is 0.230. The van der Waals surface area contributed by atoms with Crippen LogP contribution in [0.4, 0.5) is 0 Å². The lowest BCUT2D eigenvalue weighted by atomic mass is 9.89. The highest BCUT2D eigenvalue weighted by Crippen LogP contribution is 2.44. The maximum atomic E-state index is 5.87. The van der Waals surface area contributed by atoms with Crippen molar-refractivity contribution in [3.63, 3.8) is 0 Å². The molecule has 126 valence electrons. The molecule has 6 nitrogen and oxygen atoms in total. The molecule has 5 rings (SSSR count). The number of nitrogens with zero attached hydrogens (tertiary/aromatic N) is 3. The standard InChI is InChI=1S/C19H17N3O3/c1-2-4-13(5-3-1)24-17-9-6-12(11-20-17)18-21-19(25-22-18)15-10-14-7-8-16(15)23-14/h1-6,9,11,14-16H,7-8,10H2/t14-,15+,16+/m1/s1. The SMILES string of the molecule is c1ccc(Oc2ccc(-c3noc([C@H]4C[C@H]5CC[C@@H]4O5)n3)cn2)cc1. The summed E-state index contributed by atoms with van der Waals surface area (Å²) in [7, 11) is 0. The van der Waals surface area contributed by atoms with Crippen LogP contribution in [0.25, 0.3) is 11.4 Å². The Morgan fingerprint density at radius 1 is 1.04 bits per heavy atom. The average molecular weight is 335 g/mol. The molecule has 0 amide bonds. The monoisotopic (exact) mass is 335 g/mol. The van der Waals surface area contributed by atoms with Crippen LogP contribution in [0.3, 0.4) is 0 Å². The van der Waals surface area contributed by atoms with Gasteiger partial charge in [-0.3, -0.25) is 0 Å². The van der Waals surface area contributed by atoms with Gasteiger partial charge < -0.3 is 14.0 Å². The Hall–Kier alpha value is -2.73. The molecular formula is C19H17N3O3. The third-order valence-electron chi connectivity index (χ3n) is 4.83. The van der Waals surface area contributed by atoms with E-state index in [1.165, 1.54) is 0 Å². The zero-order chi connectivity index (χ0) is 16.6. The Bertz CT molecular complexity index is 863. The molecule has 0 unspecified atom stereocenters. The summed E-state index contributed by atoms with van der Waals surface area (Å²) < 4.78 is 17.0. The smallest absolute Gasteiger partial charge is 0.232 e. The number of pyridine rings is 1. The fourth-order valence-electron chi connectivity index (χ4n) is 3.58. The first-order valence-electron chi connectivity index (χ1n) is 8.53. The van der Waals surface area contributed by atoms with E-state index in [4.69, 9.17) is 14.0 Å². The first kappa shape index (κ1) is 14.6. The Morgan fingerprint density at radius 2 is 1.96 bits per heavy atom. The maximum absolute atomic E-state index is 5.87. The molecule has 0 saturated carbocycles. The molecule has 4 heterocycles. The molecule has 2 fully saturated rings. The van der Waals surface area contributed by atoms with Crippen molar-refractivity contribution in [2.75, 3.05) is 0 Å². The topological polar surface area (TPSA) is 70.3 Å². The van der Waals surface area contributed by atoms with E-state index in [1.807, 2.05) is 36.4 Å². The first-order valence-corrected chi connectivity index (χ1v) is 8.53. The van der Waals surface area contributed by atoms with Crippen LogP contribution in [-0.4, -0.2) is 27.3 Å². The number of para-hydroxylation sites is 1. The van der Waals surface area contributed by atoms with Gasteiger partial charge in [-0.05, 0) is 37.5 Å². The second kappa shape index (κ2) is 5.97. The van der Waals surface area contributed by atoms with Crippen molar-refractivity contribution < 1.29 is 14.0 Å². The van der Waals surface area contributed by atoms with Crippen LogP contribution in [0.15, 0.2) is 53.2 Å². The lowest BCUT2D eigenvalue weighted by Crippen LogP contribution is -2.14. The fourth-order valence-corrected chi connectivity index (χ4v) is 3.58. The molecule has 2 bridgehead atoms. The highest BCUT2D eigenvalue weighted by molar-refractivity contribution is 5.53. The molecule has 2 aliphatic heterocycles. The van der Waals surface area contributed by atoms with E-state index in [-0.39, 0.29) is 12.0 Å². The summed E-state index contributed by atoms with van der Waals surface area (Å²) in [4.78, 5) is 8.88. The van der Waals surface area contributed by atoms with Crippen molar-refractivity contribution in [2.45, 2.75) is 37.4 Å². The summed E-state index contributed by atoms with van der Waals surface area (Å²) in [6.07, 6.45) is 5.51. The summed E-state index contributed by atoms with van der Waals surface area (Å²) in [6, 6.07) is 13.2. The third-order valence-corrected chi connectivity index (χ3v) is 4.83. The number of fused-ring (bicyclic) bond motifs is 2. The van der Waals surface area contributed by atoms with Gasteiger partial charge in [-0.1, -0.05) is 23.4 Å². The van der Waals surface area contributed by atoms with Crippen molar-refractivity contribution in [1.82, 2.24) is 15.1 Å². The van der Waals surface area contributed by atoms with Crippen LogP contribution >= 0.6 is 0 Å². The summed E-state index contributed by atoms with van der Waals surface area (Å²) in [5, 5.41) is 4.11. The zero-order valence-corrected chi connectivity index (χ0v) is 13.5. The van der Waals surface area contributed by atoms with E-state index in [9.17, 15) is 0 Å². The van der Waals surface area contributed by atoms with Crippen LogP contribution < -0.4 is 4.74 Å². The minimum Gasteiger partial charge on any atom is -0.439 e. The van der Waals surface area contributed by atoms with Crippen LogP contribution in [0.5, 0.6) is 11.6 Å². The number of hydrogen-bond acceptors (Lipinski definition) is 6. The molecule has 2 aliphatic rings. The molecule has 3 atom stereocenters. The molecule has 2 saturated heterocycles. The fraction of sp³-hybridized carbons (Fsp3) is 0.316. The molecule has 2 aromatic heterocycles. The van der Waals surface area contributed by atoms with Crippen LogP contribution in [-0.2, 0) is 4.74 Å². The van der Waals surface area contributed by atoms with Crippen molar-refractivity contribution in [3.05, 3.63) is 54.6 Å². The largest absolute Gasteiger partial charge is 0.439 e. The van der Waals surface area contributed by atoms with Gasteiger partial charge in [0.2, 0.25) is 17.6 Å². The molecule has 0 aliphatic carbocycles. The van der Waals surface area contributed by atoms with Crippen LogP contribution in [0.2, 0.25) is 0 Å². The van der Waals surface area contributed by atoms with Gasteiger partial charge in [0.1, 0.15) is 5.75 Å². The summed E-state index contributed by atoms with van der Waals surface area (Å²) in [6.45, 7) is 0. The number of rotatable bonds is 4. The number of benzene rings is 1. The Kier molecular flexibility index (Phi) is 3.48. The highest BCUT2D eigenvalue weighted by Gasteiger charge is 2.44. The van der Waals surface area contributed by atoms with Gasteiger partial charge in [0, 0.05) is 17.8 Å². The van der Waals surface area contributed by atoms with Gasteiger partial charge in [0.25, 0.3) is 0 Å². The maximum Gasteiger partial charge on any atom is 0.232 e. The van der Waals surface area contributed by atoms with Crippen LogP contribution in [0.1, 0.15) is 31.1 Å². The Labute approximate surface area is 144 Å². The van der Waals surface area contributed by atoms with E-state index < -0.39 is 0 Å². The predicted molar refractivity (Wildman–Crippen MR) is 89.3 cm³/mol. The first-order chi connectivity index (χ1) is 12.3. The van der Waals surface area contributed by atoms with Gasteiger partial charge >= 0.3 is 0 Å². The van der Waals surface area contributed by atoms with Gasteiger partial charge in [0.15, 0.2) is 0 Å². The number of ether oxygens (including phenoxy) is 2. The number of hydrogen-bond donors (Lipinski definition) is 0. The summed E-state index contributed by atoms with van der Waals surface area (Å²) in [5.41, 5.74) is 0.805. The van der Waals surface area contributed by atoms with Crippen LogP contribution in [0, 0.1) is 0 Å². The third kappa shape index (κ3) is 2.78. The van der Waals surface area contributed by atoms with E-state index >= 15 is 0 Å². The Morgan fingerprint density at radius 3 is 2.68 bits per heavy atom. The van der Waals surface area contributed by atoms with E-state index in [0.29, 0.717) is 23.7 Å². The van der Waals surface area contributed by atoms with E-state index in [0.717, 1.165) is 30.6 Å². The zero-order valence-electron chi connectivity index (χ0n) is 13.5. The molecule has 6 heteroatoms. The normalized spacial score (nSPS) is 24.6. The van der Waals surface area contributed by atoms with Crippen molar-refractivity contribution in [3.8, 4) is 23.0 Å². The number of aromatic nitrogens is 3. The van der Waals surface area contributed by atoms with E-state index in [2.05, 4.69) is 15.1 Å². The average Bonchev–Trinajstić information content (AvgIpc) is 3.40. The van der Waals surface area contributed by atoms with Gasteiger partial charge in [-0.2, -0.15) is 4.98 Å². The van der Waals surface area contributed by atoms with Crippen molar-refractivity contribution in [2.24, 2.45) is 0 Å². The predicted octanol–water partition coefficient (Wildman–Crippen LogP) is 3.96. The van der Waals surface area contributed by atoms with E-state index in [1.54, 1.807) is 12.3 Å². The summed E-state index contributed by atoms with van der Waals surface area (Å²) in [5.74, 6) is 2.73. The lowest BCUT2D eigenvalue weighted by molar-refractivity contribution is 0.0974. The molecular weight excluding hydrogens is 318 g/mol. The van der Waals surface area contributed by atoms with Gasteiger partial charge in [-0.25, -0.2) is 4.98 Å². The lowest BCUT2D eigenvalue weighted by Gasteiger charge is -2.13. The molecule has 0 radical (unpaired) electrons. The Balaban J connectivity index is 1.32. The second-order valence-corrected chi connectivity index (χ2v) is 6.47. The quantitative estimate of drug-likeness (QED) is 0.719. The molecule has 0 N–H and O–H groups in total. The second-order valence-electron chi connectivity index (χ2n) is 6.47. The van der Waals surface area contributed by atoms with Gasteiger partial charge in [0.05, 0.1) is 18.1 Å². The molecule has 25 heavy (non-hydrogen) atoms. The summed E-state index contributed by atoms with van der Waals surface area (Å²) >= 11 is 0. The van der Waals surface area contributed by atoms with Crippen molar-refractivity contribution >= 4 is 0 Å². The van der Waals surface area contributed by atoms with Crippen molar-refractivity contribution in [1.29, 1.82) is 0 Å². The molecule has 3 aromatic rings. The molecule has 1 aromatic carbocycles. The molecule has 0 spiro atoms. The minimum absolute atomic E-state index is 0.230.